The summed E-state index contributed by atoms with van der Waals surface area (Å²) in [5.41, 5.74) is 4.39. The summed E-state index contributed by atoms with van der Waals surface area (Å²) < 4.78 is 0. The molecule has 0 spiro atoms. The van der Waals surface area contributed by atoms with Crippen LogP contribution < -0.4 is 20.4 Å². The predicted octanol–water partition coefficient (Wildman–Crippen LogP) is 4.36. The molecule has 2 amide bonds. The number of aromatic nitrogens is 1. The van der Waals surface area contributed by atoms with Gasteiger partial charge in [0.05, 0.1) is 11.9 Å². The summed E-state index contributed by atoms with van der Waals surface area (Å²) in [5, 5.41) is 5.55. The van der Waals surface area contributed by atoms with Crippen molar-refractivity contribution in [1.29, 1.82) is 0 Å². The molecule has 6 heteroatoms. The highest BCUT2D eigenvalue weighted by Gasteiger charge is 2.18. The maximum atomic E-state index is 12.1. The lowest BCUT2D eigenvalue weighted by atomic mass is 10.2. The van der Waals surface area contributed by atoms with Gasteiger partial charge in [0.15, 0.2) is 0 Å². The van der Waals surface area contributed by atoms with Crippen LogP contribution in [0.5, 0.6) is 0 Å². The van der Waals surface area contributed by atoms with E-state index in [1.165, 1.54) is 11.3 Å². The largest absolute Gasteiger partial charge is 0.368 e. The number of pyridine rings is 1. The number of rotatable bonds is 4. The van der Waals surface area contributed by atoms with Crippen LogP contribution in [-0.2, 0) is 0 Å². The molecule has 0 bridgehead atoms. The predicted molar refractivity (Wildman–Crippen MR) is 119 cm³/mol. The summed E-state index contributed by atoms with van der Waals surface area (Å²) in [7, 11) is 0. The molecule has 148 valence electrons. The summed E-state index contributed by atoms with van der Waals surface area (Å²) in [6.45, 7) is 5.96. The quantitative estimate of drug-likeness (QED) is 0.698. The summed E-state index contributed by atoms with van der Waals surface area (Å²) in [4.78, 5) is 21.2. The number of anilines is 4. The molecule has 0 atom stereocenters. The normalized spacial score (nSPS) is 13.8. The summed E-state index contributed by atoms with van der Waals surface area (Å²) >= 11 is 0. The van der Waals surface area contributed by atoms with E-state index in [0.717, 1.165) is 37.6 Å². The fraction of sp³-hybridized carbons (Fsp3) is 0.217. The molecular weight excluding hydrogens is 362 g/mol. The molecule has 0 aliphatic carbocycles. The second-order valence-electron chi connectivity index (χ2n) is 7.16. The van der Waals surface area contributed by atoms with Crippen molar-refractivity contribution in [2.45, 2.75) is 6.92 Å². The number of piperazine rings is 1. The number of carbonyl (C=O) groups is 1. The van der Waals surface area contributed by atoms with E-state index in [0.29, 0.717) is 5.82 Å². The Labute approximate surface area is 171 Å². The van der Waals surface area contributed by atoms with Crippen molar-refractivity contribution in [1.82, 2.24) is 4.98 Å². The minimum absolute atomic E-state index is 0.303. The standard InChI is InChI=1S/C23H25N5O/c1-18-6-5-9-20(16-18)27-12-14-28(15-13-27)21-10-11-22(24-17-21)26-23(29)25-19-7-3-2-4-8-19/h2-11,16-17H,12-15H2,1H3,(H2,24,25,26,29). The van der Waals surface area contributed by atoms with E-state index in [-0.39, 0.29) is 6.03 Å². The Bertz CT molecular complexity index is 951. The van der Waals surface area contributed by atoms with Gasteiger partial charge >= 0.3 is 6.03 Å². The van der Waals surface area contributed by atoms with E-state index in [2.05, 4.69) is 56.6 Å². The molecule has 29 heavy (non-hydrogen) atoms. The Morgan fingerprint density at radius 1 is 0.828 bits per heavy atom. The summed E-state index contributed by atoms with van der Waals surface area (Å²) in [5.74, 6) is 0.528. The zero-order valence-electron chi connectivity index (χ0n) is 16.5. The minimum atomic E-state index is -0.303. The molecule has 1 aliphatic heterocycles. The van der Waals surface area contributed by atoms with Crippen LogP contribution in [0.1, 0.15) is 5.56 Å². The highest BCUT2D eigenvalue weighted by Crippen LogP contribution is 2.21. The lowest BCUT2D eigenvalue weighted by Gasteiger charge is -2.37. The first-order valence-corrected chi connectivity index (χ1v) is 9.83. The molecule has 1 fully saturated rings. The monoisotopic (exact) mass is 387 g/mol. The van der Waals surface area contributed by atoms with E-state index in [4.69, 9.17) is 0 Å². The average Bonchev–Trinajstić information content (AvgIpc) is 2.75. The number of aryl methyl sites for hydroxylation is 1. The maximum absolute atomic E-state index is 12.1. The van der Waals surface area contributed by atoms with Gasteiger partial charge in [-0.2, -0.15) is 0 Å². The topological polar surface area (TPSA) is 60.5 Å². The van der Waals surface area contributed by atoms with Gasteiger partial charge < -0.3 is 15.1 Å². The van der Waals surface area contributed by atoms with Crippen molar-refractivity contribution < 1.29 is 4.79 Å². The third-order valence-electron chi connectivity index (χ3n) is 5.03. The molecule has 2 N–H and O–H groups in total. The average molecular weight is 387 g/mol. The molecule has 2 aromatic carbocycles. The molecule has 6 nitrogen and oxygen atoms in total. The number of urea groups is 1. The van der Waals surface area contributed by atoms with Crippen LogP contribution in [0.4, 0.5) is 27.7 Å². The number of nitrogens with zero attached hydrogens (tertiary/aromatic N) is 3. The van der Waals surface area contributed by atoms with Crippen LogP contribution in [0.3, 0.4) is 0 Å². The fourth-order valence-corrected chi connectivity index (χ4v) is 3.49. The number of para-hydroxylation sites is 1. The summed E-state index contributed by atoms with van der Waals surface area (Å²) in [6, 6.07) is 21.5. The van der Waals surface area contributed by atoms with Crippen molar-refractivity contribution in [3.63, 3.8) is 0 Å². The number of carbonyl (C=O) groups excluding carboxylic acids is 1. The zero-order chi connectivity index (χ0) is 20.1. The van der Waals surface area contributed by atoms with Gasteiger partial charge in [0.2, 0.25) is 0 Å². The second-order valence-corrected chi connectivity index (χ2v) is 7.16. The van der Waals surface area contributed by atoms with Crippen molar-refractivity contribution in [3.05, 3.63) is 78.5 Å². The first kappa shape index (κ1) is 18.8. The Morgan fingerprint density at radius 2 is 1.55 bits per heavy atom. The van der Waals surface area contributed by atoms with E-state index >= 15 is 0 Å². The van der Waals surface area contributed by atoms with Gasteiger partial charge in [-0.1, -0.05) is 30.3 Å². The molecule has 3 aromatic rings. The van der Waals surface area contributed by atoms with Crippen LogP contribution in [0.15, 0.2) is 72.9 Å². The third kappa shape index (κ3) is 4.85. The fourth-order valence-electron chi connectivity index (χ4n) is 3.49. The van der Waals surface area contributed by atoms with Gasteiger partial charge in [-0.15, -0.1) is 0 Å². The van der Waals surface area contributed by atoms with Crippen molar-refractivity contribution in [2.75, 3.05) is 46.6 Å². The van der Waals surface area contributed by atoms with Crippen LogP contribution in [0.25, 0.3) is 0 Å². The van der Waals surface area contributed by atoms with Crippen molar-refractivity contribution in [2.24, 2.45) is 0 Å². The molecule has 0 saturated carbocycles. The Hall–Kier alpha value is -3.54. The number of hydrogen-bond acceptors (Lipinski definition) is 4. The molecule has 2 heterocycles. The van der Waals surface area contributed by atoms with Crippen LogP contribution in [0, 0.1) is 6.92 Å². The minimum Gasteiger partial charge on any atom is -0.368 e. The molecule has 1 aliphatic rings. The Morgan fingerprint density at radius 3 is 2.21 bits per heavy atom. The Balaban J connectivity index is 1.31. The molecular formula is C23H25N5O. The van der Waals surface area contributed by atoms with Crippen LogP contribution >= 0.6 is 0 Å². The van der Waals surface area contributed by atoms with Gasteiger partial charge in [0.25, 0.3) is 0 Å². The maximum Gasteiger partial charge on any atom is 0.324 e. The second kappa shape index (κ2) is 8.65. The van der Waals surface area contributed by atoms with E-state index < -0.39 is 0 Å². The molecule has 0 unspecified atom stereocenters. The lowest BCUT2D eigenvalue weighted by molar-refractivity contribution is 0.262. The smallest absolute Gasteiger partial charge is 0.324 e. The van der Waals surface area contributed by atoms with Gasteiger partial charge in [-0.3, -0.25) is 5.32 Å². The van der Waals surface area contributed by atoms with Crippen LogP contribution in [-0.4, -0.2) is 37.2 Å². The highest BCUT2D eigenvalue weighted by molar-refractivity contribution is 5.99. The number of nitrogens with one attached hydrogen (secondary N) is 2. The molecule has 1 aromatic heterocycles. The van der Waals surface area contributed by atoms with E-state index in [9.17, 15) is 4.79 Å². The Kier molecular flexibility index (Phi) is 5.61. The lowest BCUT2D eigenvalue weighted by Crippen LogP contribution is -2.46. The highest BCUT2D eigenvalue weighted by atomic mass is 16.2. The SMILES string of the molecule is Cc1cccc(N2CCN(c3ccc(NC(=O)Nc4ccccc4)nc3)CC2)c1. The van der Waals surface area contributed by atoms with E-state index in [1.54, 1.807) is 0 Å². The number of benzene rings is 2. The van der Waals surface area contributed by atoms with Gasteiger partial charge in [-0.05, 0) is 48.9 Å². The van der Waals surface area contributed by atoms with Crippen molar-refractivity contribution in [3.8, 4) is 0 Å². The molecule has 1 saturated heterocycles. The van der Waals surface area contributed by atoms with Gasteiger partial charge in [-0.25, -0.2) is 9.78 Å². The third-order valence-corrected chi connectivity index (χ3v) is 5.03. The van der Waals surface area contributed by atoms with Gasteiger partial charge in [0.1, 0.15) is 5.82 Å². The van der Waals surface area contributed by atoms with Crippen LogP contribution in [0.2, 0.25) is 0 Å². The van der Waals surface area contributed by atoms with Gasteiger partial charge in [0, 0.05) is 37.6 Å². The first-order chi connectivity index (χ1) is 14.2. The van der Waals surface area contributed by atoms with E-state index in [1.807, 2.05) is 48.7 Å². The zero-order valence-corrected chi connectivity index (χ0v) is 16.5. The van der Waals surface area contributed by atoms with Crippen molar-refractivity contribution >= 4 is 28.9 Å². The number of amides is 2. The number of hydrogen-bond donors (Lipinski definition) is 2. The molecule has 0 radical (unpaired) electrons. The molecule has 4 rings (SSSR count). The summed E-state index contributed by atoms with van der Waals surface area (Å²) in [6.07, 6.45) is 1.82. The first-order valence-electron chi connectivity index (χ1n) is 9.83.